The normalized spacial score (nSPS) is 15.5. The van der Waals surface area contributed by atoms with E-state index in [9.17, 15) is 0 Å². The largest absolute Gasteiger partial charge is 0.220 e. The fraction of sp³-hybridized carbons (Fsp3) is 0.500. The Morgan fingerprint density at radius 1 is 0.839 bits per heavy atom. The first-order valence-corrected chi connectivity index (χ1v) is 12.4. The minimum atomic E-state index is 0.596. The molecular formula is C30H40N+. The second-order valence-corrected chi connectivity index (χ2v) is 10.5. The van der Waals surface area contributed by atoms with Crippen molar-refractivity contribution in [2.75, 3.05) is 0 Å². The van der Waals surface area contributed by atoms with Crippen molar-refractivity contribution >= 4 is 10.8 Å². The summed E-state index contributed by atoms with van der Waals surface area (Å²) in [6, 6.07) is 16.7. The highest BCUT2D eigenvalue weighted by Crippen LogP contribution is 2.38. The van der Waals surface area contributed by atoms with Gasteiger partial charge in [-0.05, 0) is 77.6 Å². The van der Waals surface area contributed by atoms with E-state index in [-0.39, 0.29) is 0 Å². The Bertz CT molecular complexity index is 1050. The molecule has 0 saturated heterocycles. The van der Waals surface area contributed by atoms with E-state index in [0.717, 1.165) is 5.92 Å². The summed E-state index contributed by atoms with van der Waals surface area (Å²) in [6.07, 6.45) is 9.10. The lowest BCUT2D eigenvalue weighted by molar-refractivity contribution is -0.659. The maximum Gasteiger partial charge on any atom is 0.220 e. The number of hydrogen-bond acceptors (Lipinski definition) is 0. The minimum Gasteiger partial charge on any atom is -0.200 e. The first-order chi connectivity index (χ1) is 14.9. The van der Waals surface area contributed by atoms with Crippen molar-refractivity contribution in [2.45, 2.75) is 78.6 Å². The molecular weight excluding hydrogens is 374 g/mol. The monoisotopic (exact) mass is 414 g/mol. The molecule has 1 aliphatic carbocycles. The lowest BCUT2D eigenvalue weighted by Gasteiger charge is -2.25. The van der Waals surface area contributed by atoms with E-state index in [2.05, 4.69) is 94.9 Å². The third kappa shape index (κ3) is 4.43. The van der Waals surface area contributed by atoms with Crippen molar-refractivity contribution in [3.63, 3.8) is 0 Å². The van der Waals surface area contributed by atoms with E-state index in [1.54, 1.807) is 0 Å². The van der Waals surface area contributed by atoms with E-state index in [0.29, 0.717) is 17.8 Å². The summed E-state index contributed by atoms with van der Waals surface area (Å²) in [5.41, 5.74) is 7.13. The summed E-state index contributed by atoms with van der Waals surface area (Å²) in [5.74, 6) is 2.62. The van der Waals surface area contributed by atoms with Crippen LogP contribution in [-0.4, -0.2) is 0 Å². The average molecular weight is 415 g/mol. The zero-order valence-corrected chi connectivity index (χ0v) is 20.4. The zero-order valence-electron chi connectivity index (χ0n) is 20.4. The molecule has 3 aromatic rings. The molecule has 0 spiro atoms. The molecule has 1 heteroatoms. The van der Waals surface area contributed by atoms with Gasteiger partial charge in [-0.3, -0.25) is 0 Å². The van der Waals surface area contributed by atoms with Gasteiger partial charge in [0.25, 0.3) is 0 Å². The van der Waals surface area contributed by atoms with Gasteiger partial charge in [0.2, 0.25) is 5.69 Å². The van der Waals surface area contributed by atoms with Crippen molar-refractivity contribution in [1.29, 1.82) is 0 Å². The van der Waals surface area contributed by atoms with Gasteiger partial charge in [0.15, 0.2) is 6.20 Å². The predicted molar refractivity (Wildman–Crippen MR) is 134 cm³/mol. The van der Waals surface area contributed by atoms with Gasteiger partial charge in [-0.15, -0.1) is 0 Å². The molecule has 1 nitrogen and oxygen atoms in total. The first kappa shape index (κ1) is 22.1. The highest BCUT2D eigenvalue weighted by atomic mass is 14.9. The summed E-state index contributed by atoms with van der Waals surface area (Å²) >= 11 is 0. The fourth-order valence-corrected chi connectivity index (χ4v) is 6.06. The van der Waals surface area contributed by atoms with Crippen LogP contribution < -0.4 is 4.57 Å². The van der Waals surface area contributed by atoms with E-state index < -0.39 is 0 Å². The highest BCUT2D eigenvalue weighted by molar-refractivity contribution is 5.94. The number of hydrogen-bond donors (Lipinski definition) is 0. The molecule has 0 radical (unpaired) electrons. The van der Waals surface area contributed by atoms with E-state index >= 15 is 0 Å². The molecule has 0 aliphatic heterocycles. The van der Waals surface area contributed by atoms with Crippen molar-refractivity contribution in [3.8, 4) is 11.3 Å². The number of pyridine rings is 1. The highest BCUT2D eigenvalue weighted by Gasteiger charge is 2.23. The Morgan fingerprint density at radius 2 is 1.55 bits per heavy atom. The number of benzene rings is 2. The molecule has 2 aromatic carbocycles. The van der Waals surface area contributed by atoms with E-state index in [1.807, 2.05) is 0 Å². The van der Waals surface area contributed by atoms with E-state index in [4.69, 9.17) is 0 Å². The van der Waals surface area contributed by atoms with Gasteiger partial charge in [-0.2, -0.15) is 0 Å². The lowest BCUT2D eigenvalue weighted by atomic mass is 9.79. The zero-order chi connectivity index (χ0) is 22.1. The Hall–Kier alpha value is -2.15. The molecule has 4 rings (SSSR count). The molecule has 0 amide bonds. The molecule has 1 fully saturated rings. The van der Waals surface area contributed by atoms with Gasteiger partial charge in [0, 0.05) is 11.6 Å². The minimum absolute atomic E-state index is 0.596. The predicted octanol–water partition coefficient (Wildman–Crippen LogP) is 8.08. The quantitative estimate of drug-likeness (QED) is 0.371. The van der Waals surface area contributed by atoms with Gasteiger partial charge in [-0.1, -0.05) is 71.2 Å². The SMILES string of the molecule is Cc1ccc(C2CCCCC2)cc1-c1c2ccc(C(C(C)C)C(C)C)cc2cc[n+]1C. The van der Waals surface area contributed by atoms with Crippen LogP contribution in [0.4, 0.5) is 0 Å². The van der Waals surface area contributed by atoms with Crippen LogP contribution >= 0.6 is 0 Å². The van der Waals surface area contributed by atoms with E-state index in [1.165, 1.54) is 70.8 Å². The first-order valence-electron chi connectivity index (χ1n) is 12.4. The van der Waals surface area contributed by atoms with Crippen LogP contribution in [0, 0.1) is 18.8 Å². The summed E-state index contributed by atoms with van der Waals surface area (Å²) in [6.45, 7) is 11.7. The molecule has 0 N–H and O–H groups in total. The molecule has 0 unspecified atom stereocenters. The fourth-order valence-electron chi connectivity index (χ4n) is 6.06. The van der Waals surface area contributed by atoms with Crippen LogP contribution in [0.2, 0.25) is 0 Å². The number of rotatable bonds is 5. The molecule has 31 heavy (non-hydrogen) atoms. The van der Waals surface area contributed by atoms with Gasteiger partial charge >= 0.3 is 0 Å². The molecule has 1 aliphatic rings. The van der Waals surface area contributed by atoms with Crippen LogP contribution in [0.3, 0.4) is 0 Å². The second-order valence-electron chi connectivity index (χ2n) is 10.5. The molecule has 164 valence electrons. The second kappa shape index (κ2) is 9.15. The summed E-state index contributed by atoms with van der Waals surface area (Å²) in [5, 5.41) is 2.73. The van der Waals surface area contributed by atoms with Crippen LogP contribution in [0.1, 0.15) is 88.3 Å². The maximum absolute atomic E-state index is 2.50. The van der Waals surface area contributed by atoms with Crippen molar-refractivity contribution in [3.05, 3.63) is 65.4 Å². The van der Waals surface area contributed by atoms with Gasteiger partial charge < -0.3 is 0 Å². The standard InChI is InChI=1S/C30H40N/c1-20(2)29(21(3)4)26-14-15-27-25(18-26)16-17-31(6)30(27)28-19-24(13-12-22(28)5)23-10-8-7-9-11-23/h12-21,23,29H,7-11H2,1-6H3/q+1. The number of fused-ring (bicyclic) bond motifs is 1. The molecule has 0 bridgehead atoms. The van der Waals surface area contributed by atoms with Gasteiger partial charge in [0.1, 0.15) is 7.05 Å². The summed E-state index contributed by atoms with van der Waals surface area (Å²) < 4.78 is 2.32. The topological polar surface area (TPSA) is 3.88 Å². The Labute approximate surface area is 189 Å². The van der Waals surface area contributed by atoms with Gasteiger partial charge in [-0.25, -0.2) is 4.57 Å². The van der Waals surface area contributed by atoms with Crippen molar-refractivity contribution in [1.82, 2.24) is 0 Å². The Morgan fingerprint density at radius 3 is 2.23 bits per heavy atom. The van der Waals surface area contributed by atoms with Gasteiger partial charge in [0.05, 0.1) is 5.39 Å². The molecule has 0 atom stereocenters. The van der Waals surface area contributed by atoms with Crippen molar-refractivity contribution in [2.24, 2.45) is 18.9 Å². The molecule has 1 heterocycles. The smallest absolute Gasteiger partial charge is 0.200 e. The van der Waals surface area contributed by atoms with Crippen LogP contribution in [-0.2, 0) is 7.05 Å². The number of aromatic nitrogens is 1. The average Bonchev–Trinajstić information content (AvgIpc) is 2.75. The number of aryl methyl sites for hydroxylation is 2. The van der Waals surface area contributed by atoms with Crippen LogP contribution in [0.15, 0.2) is 48.7 Å². The van der Waals surface area contributed by atoms with Crippen LogP contribution in [0.25, 0.3) is 22.0 Å². The summed E-state index contributed by atoms with van der Waals surface area (Å²) in [7, 11) is 2.19. The maximum atomic E-state index is 2.50. The Kier molecular flexibility index (Phi) is 6.51. The van der Waals surface area contributed by atoms with Crippen LogP contribution in [0.5, 0.6) is 0 Å². The number of nitrogens with zero attached hydrogens (tertiary/aromatic N) is 1. The molecule has 1 saturated carbocycles. The third-order valence-electron chi connectivity index (χ3n) is 7.58. The third-order valence-corrected chi connectivity index (χ3v) is 7.58. The lowest BCUT2D eigenvalue weighted by Crippen LogP contribution is -2.31. The Balaban J connectivity index is 1.83. The van der Waals surface area contributed by atoms with Crippen molar-refractivity contribution < 1.29 is 4.57 Å². The summed E-state index contributed by atoms with van der Waals surface area (Å²) in [4.78, 5) is 0. The molecule has 1 aromatic heterocycles.